The van der Waals surface area contributed by atoms with Gasteiger partial charge in [-0.3, -0.25) is 0 Å². The Kier molecular flexibility index (Phi) is 2.61. The standard InChI is InChI=1S/C14H17NO2S/c1-18(16,17)15-14(9-10-14)13-8-4-6-11-5-2-3-7-12(11)13/h2-3,5,7-8,15H,4,6,9-10H2,1H3. The summed E-state index contributed by atoms with van der Waals surface area (Å²) in [6.07, 6.45) is 7.30. The van der Waals surface area contributed by atoms with Crippen LogP contribution in [0.2, 0.25) is 0 Å². The van der Waals surface area contributed by atoms with Crippen LogP contribution in [0.3, 0.4) is 0 Å². The quantitative estimate of drug-likeness (QED) is 0.907. The van der Waals surface area contributed by atoms with Crippen molar-refractivity contribution in [3.8, 4) is 0 Å². The van der Waals surface area contributed by atoms with Crippen LogP contribution >= 0.6 is 0 Å². The second-order valence-electron chi connectivity index (χ2n) is 5.27. The monoisotopic (exact) mass is 263 g/mol. The Hall–Kier alpha value is -1.13. The normalized spacial score (nSPS) is 21.1. The summed E-state index contributed by atoms with van der Waals surface area (Å²) in [6, 6.07) is 8.31. The number of nitrogens with one attached hydrogen (secondary N) is 1. The minimum Gasteiger partial charge on any atom is -0.213 e. The van der Waals surface area contributed by atoms with E-state index < -0.39 is 10.0 Å². The first kappa shape index (κ1) is 11.9. The lowest BCUT2D eigenvalue weighted by Gasteiger charge is -2.25. The molecule has 1 saturated carbocycles. The van der Waals surface area contributed by atoms with Gasteiger partial charge in [0.05, 0.1) is 11.8 Å². The lowest BCUT2D eigenvalue weighted by Crippen LogP contribution is -2.37. The molecule has 0 spiro atoms. The molecule has 3 nitrogen and oxygen atoms in total. The molecule has 1 aromatic rings. The topological polar surface area (TPSA) is 46.2 Å². The van der Waals surface area contributed by atoms with Crippen LogP contribution in [0.15, 0.2) is 30.3 Å². The molecular weight excluding hydrogens is 246 g/mol. The molecule has 0 bridgehead atoms. The van der Waals surface area contributed by atoms with Crippen molar-refractivity contribution in [3.63, 3.8) is 0 Å². The molecule has 0 amide bonds. The van der Waals surface area contributed by atoms with Crippen molar-refractivity contribution in [2.75, 3.05) is 6.26 Å². The van der Waals surface area contributed by atoms with Crippen LogP contribution in [0.4, 0.5) is 0 Å². The van der Waals surface area contributed by atoms with E-state index in [0.29, 0.717) is 0 Å². The zero-order valence-electron chi connectivity index (χ0n) is 10.4. The first-order chi connectivity index (χ1) is 8.50. The van der Waals surface area contributed by atoms with Gasteiger partial charge in [-0.15, -0.1) is 0 Å². The van der Waals surface area contributed by atoms with Crippen molar-refractivity contribution in [2.24, 2.45) is 0 Å². The van der Waals surface area contributed by atoms with Gasteiger partial charge in [0.15, 0.2) is 0 Å². The third kappa shape index (κ3) is 2.10. The Morgan fingerprint density at radius 1 is 1.22 bits per heavy atom. The van der Waals surface area contributed by atoms with Crippen LogP contribution < -0.4 is 4.72 Å². The molecule has 0 heterocycles. The molecule has 0 unspecified atom stereocenters. The van der Waals surface area contributed by atoms with E-state index in [1.807, 2.05) is 12.1 Å². The first-order valence-electron chi connectivity index (χ1n) is 6.28. The molecule has 0 aliphatic heterocycles. The number of hydrogen-bond donors (Lipinski definition) is 1. The number of fused-ring (bicyclic) bond motifs is 1. The van der Waals surface area contributed by atoms with E-state index in [1.54, 1.807) is 0 Å². The summed E-state index contributed by atoms with van der Waals surface area (Å²) in [5, 5.41) is 0. The maximum absolute atomic E-state index is 11.5. The average molecular weight is 263 g/mol. The minimum absolute atomic E-state index is 0.329. The van der Waals surface area contributed by atoms with Crippen molar-refractivity contribution >= 4 is 15.6 Å². The molecule has 96 valence electrons. The van der Waals surface area contributed by atoms with Gasteiger partial charge in [-0.05, 0) is 42.4 Å². The summed E-state index contributed by atoms with van der Waals surface area (Å²) in [5.41, 5.74) is 3.40. The molecule has 0 aromatic heterocycles. The number of benzene rings is 1. The fourth-order valence-corrected chi connectivity index (χ4v) is 3.87. The number of rotatable bonds is 3. The molecule has 1 aromatic carbocycles. The van der Waals surface area contributed by atoms with Crippen molar-refractivity contribution in [3.05, 3.63) is 41.5 Å². The van der Waals surface area contributed by atoms with Crippen LogP contribution in [0.5, 0.6) is 0 Å². The molecule has 1 N–H and O–H groups in total. The molecule has 0 atom stereocenters. The minimum atomic E-state index is -3.16. The van der Waals surface area contributed by atoms with Gasteiger partial charge in [0, 0.05) is 0 Å². The largest absolute Gasteiger partial charge is 0.213 e. The number of allylic oxidation sites excluding steroid dienone is 1. The summed E-state index contributed by atoms with van der Waals surface area (Å²) in [5.74, 6) is 0. The van der Waals surface area contributed by atoms with Crippen molar-refractivity contribution in [1.82, 2.24) is 4.72 Å². The first-order valence-corrected chi connectivity index (χ1v) is 8.17. The molecule has 4 heteroatoms. The highest BCUT2D eigenvalue weighted by molar-refractivity contribution is 7.88. The highest BCUT2D eigenvalue weighted by Gasteiger charge is 2.49. The predicted octanol–water partition coefficient (Wildman–Crippen LogP) is 2.10. The van der Waals surface area contributed by atoms with E-state index in [2.05, 4.69) is 22.9 Å². The lowest BCUT2D eigenvalue weighted by atomic mass is 9.86. The van der Waals surface area contributed by atoms with Crippen molar-refractivity contribution < 1.29 is 8.42 Å². The van der Waals surface area contributed by atoms with Gasteiger partial charge >= 0.3 is 0 Å². The van der Waals surface area contributed by atoms with Crippen molar-refractivity contribution in [2.45, 2.75) is 31.2 Å². The average Bonchev–Trinajstić information content (AvgIpc) is 3.07. The second kappa shape index (κ2) is 3.93. The summed E-state index contributed by atoms with van der Waals surface area (Å²) < 4.78 is 25.8. The second-order valence-corrected chi connectivity index (χ2v) is 7.02. The molecule has 3 rings (SSSR count). The summed E-state index contributed by atoms with van der Waals surface area (Å²) in [7, 11) is -3.16. The third-order valence-corrected chi connectivity index (χ3v) is 4.48. The van der Waals surface area contributed by atoms with Gasteiger partial charge in [0.1, 0.15) is 0 Å². The molecule has 2 aliphatic rings. The summed E-state index contributed by atoms with van der Waals surface area (Å²) >= 11 is 0. The van der Waals surface area contributed by atoms with Crippen molar-refractivity contribution in [1.29, 1.82) is 0 Å². The van der Waals surface area contributed by atoms with Crippen LogP contribution in [0.1, 0.15) is 30.4 Å². The molecule has 2 aliphatic carbocycles. The summed E-state index contributed by atoms with van der Waals surface area (Å²) in [4.78, 5) is 0. The molecule has 1 fully saturated rings. The Morgan fingerprint density at radius 2 is 1.94 bits per heavy atom. The van der Waals surface area contributed by atoms with E-state index in [-0.39, 0.29) is 5.54 Å². The van der Waals surface area contributed by atoms with Crippen LogP contribution in [0, 0.1) is 0 Å². The van der Waals surface area contributed by atoms with Crippen LogP contribution in [0.25, 0.3) is 5.57 Å². The van der Waals surface area contributed by atoms with E-state index in [1.165, 1.54) is 23.0 Å². The number of sulfonamides is 1. The molecule has 18 heavy (non-hydrogen) atoms. The van der Waals surface area contributed by atoms with E-state index in [0.717, 1.165) is 25.7 Å². The Morgan fingerprint density at radius 3 is 2.61 bits per heavy atom. The van der Waals surface area contributed by atoms with Gasteiger partial charge in [0.2, 0.25) is 10.0 Å². The Labute approximate surface area is 108 Å². The number of aryl methyl sites for hydroxylation is 1. The van der Waals surface area contributed by atoms with E-state index in [4.69, 9.17) is 0 Å². The van der Waals surface area contributed by atoms with Crippen LogP contribution in [-0.4, -0.2) is 20.2 Å². The van der Waals surface area contributed by atoms with Gasteiger partial charge < -0.3 is 0 Å². The smallest absolute Gasteiger partial charge is 0.209 e. The summed E-state index contributed by atoms with van der Waals surface area (Å²) in [6.45, 7) is 0. The van der Waals surface area contributed by atoms with E-state index >= 15 is 0 Å². The number of hydrogen-bond acceptors (Lipinski definition) is 2. The third-order valence-electron chi connectivity index (χ3n) is 3.72. The fraction of sp³-hybridized carbons (Fsp3) is 0.429. The Bertz CT molecular complexity index is 612. The highest BCUT2D eigenvalue weighted by Crippen LogP contribution is 2.49. The van der Waals surface area contributed by atoms with Gasteiger partial charge in [-0.1, -0.05) is 30.3 Å². The Balaban J connectivity index is 2.01. The zero-order chi connectivity index (χ0) is 12.8. The maximum atomic E-state index is 11.5. The SMILES string of the molecule is CS(=O)(=O)NC1(C2=CCCc3ccccc32)CC1. The maximum Gasteiger partial charge on any atom is 0.209 e. The molecule has 0 radical (unpaired) electrons. The van der Waals surface area contributed by atoms with E-state index in [9.17, 15) is 8.42 Å². The van der Waals surface area contributed by atoms with Gasteiger partial charge in [0.25, 0.3) is 0 Å². The van der Waals surface area contributed by atoms with Crippen LogP contribution in [-0.2, 0) is 16.4 Å². The highest BCUT2D eigenvalue weighted by atomic mass is 32.2. The van der Waals surface area contributed by atoms with Gasteiger partial charge in [-0.2, -0.15) is 0 Å². The predicted molar refractivity (Wildman–Crippen MR) is 72.7 cm³/mol. The zero-order valence-corrected chi connectivity index (χ0v) is 11.3. The molecule has 0 saturated heterocycles. The lowest BCUT2D eigenvalue weighted by molar-refractivity contribution is 0.577. The molecular formula is C14H17NO2S. The van der Waals surface area contributed by atoms with Gasteiger partial charge in [-0.25, -0.2) is 13.1 Å². The fourth-order valence-electron chi connectivity index (χ4n) is 2.84.